The molecule has 3 amide bonds. The smallest absolute Gasteiger partial charge is 0.292 e. The highest BCUT2D eigenvalue weighted by atomic mass is 35.5. The number of halogens is 2. The van der Waals surface area contributed by atoms with E-state index in [1.807, 2.05) is 44.2 Å². The summed E-state index contributed by atoms with van der Waals surface area (Å²) in [5.74, 6) is -0.354. The molecule has 0 fully saturated rings. The van der Waals surface area contributed by atoms with E-state index in [1.165, 1.54) is 12.1 Å². The number of pyridine rings is 1. The number of imide groups is 1. The Morgan fingerprint density at radius 3 is 2.18 bits per heavy atom. The van der Waals surface area contributed by atoms with Gasteiger partial charge in [-0.1, -0.05) is 59.6 Å². The number of aryl methyl sites for hydroxylation is 2. The molecule has 0 aliphatic carbocycles. The number of rotatable bonds is 3. The standard InChI is InChI=1S/C21H17Cl2N3O2/c1-12-11-17(24-13(2)18(12)14-7-4-3-5-8-14)25-21(28)26-20(27)19-15(22)9-6-10-16(19)23/h3-11H,1-2H3,(H2,24,25,26,27,28). The summed E-state index contributed by atoms with van der Waals surface area (Å²) in [5, 5.41) is 5.11. The summed E-state index contributed by atoms with van der Waals surface area (Å²) >= 11 is 12.0. The van der Waals surface area contributed by atoms with Crippen LogP contribution in [0.15, 0.2) is 54.6 Å². The van der Waals surface area contributed by atoms with Gasteiger partial charge in [0.05, 0.1) is 15.6 Å². The van der Waals surface area contributed by atoms with Crippen molar-refractivity contribution in [3.63, 3.8) is 0 Å². The van der Waals surface area contributed by atoms with Crippen molar-refractivity contribution in [3.8, 4) is 11.1 Å². The normalized spacial score (nSPS) is 10.4. The molecule has 0 atom stereocenters. The third-order valence-electron chi connectivity index (χ3n) is 4.12. The molecule has 7 heteroatoms. The molecule has 0 aliphatic rings. The number of nitrogens with zero attached hydrogens (tertiary/aromatic N) is 1. The Bertz CT molecular complexity index is 1010. The predicted octanol–water partition coefficient (Wildman–Crippen LogP) is 5.63. The molecule has 2 aromatic carbocycles. The summed E-state index contributed by atoms with van der Waals surface area (Å²) in [5.41, 5.74) is 3.81. The second kappa shape index (κ2) is 8.42. The largest absolute Gasteiger partial charge is 0.327 e. The van der Waals surface area contributed by atoms with Gasteiger partial charge in [-0.3, -0.25) is 15.4 Å². The molecule has 0 unspecified atom stereocenters. The molecule has 3 aromatic rings. The molecular formula is C21H17Cl2N3O2. The first-order valence-electron chi connectivity index (χ1n) is 8.47. The fourth-order valence-electron chi connectivity index (χ4n) is 2.96. The number of anilines is 1. The first-order chi connectivity index (χ1) is 13.4. The van der Waals surface area contributed by atoms with Gasteiger partial charge in [-0.15, -0.1) is 0 Å². The zero-order valence-corrected chi connectivity index (χ0v) is 16.7. The lowest BCUT2D eigenvalue weighted by Crippen LogP contribution is -2.35. The molecule has 0 saturated heterocycles. The number of benzene rings is 2. The second-order valence-corrected chi connectivity index (χ2v) is 6.97. The minimum Gasteiger partial charge on any atom is -0.292 e. The highest BCUT2D eigenvalue weighted by molar-refractivity contribution is 6.40. The number of amides is 3. The van der Waals surface area contributed by atoms with Crippen LogP contribution in [0.1, 0.15) is 21.6 Å². The maximum Gasteiger partial charge on any atom is 0.327 e. The van der Waals surface area contributed by atoms with Crippen LogP contribution in [0.2, 0.25) is 10.0 Å². The number of carbonyl (C=O) groups is 2. The summed E-state index contributed by atoms with van der Waals surface area (Å²) in [6.45, 7) is 3.81. The van der Waals surface area contributed by atoms with Crippen molar-refractivity contribution in [2.75, 3.05) is 5.32 Å². The zero-order chi connectivity index (χ0) is 20.3. The van der Waals surface area contributed by atoms with Crippen LogP contribution in [0.4, 0.5) is 10.6 Å². The van der Waals surface area contributed by atoms with E-state index in [9.17, 15) is 9.59 Å². The van der Waals surface area contributed by atoms with E-state index >= 15 is 0 Å². The van der Waals surface area contributed by atoms with Crippen LogP contribution in [-0.4, -0.2) is 16.9 Å². The number of urea groups is 1. The maximum absolute atomic E-state index is 12.3. The van der Waals surface area contributed by atoms with Gasteiger partial charge in [-0.05, 0) is 43.2 Å². The topological polar surface area (TPSA) is 71.1 Å². The van der Waals surface area contributed by atoms with Crippen molar-refractivity contribution in [2.24, 2.45) is 0 Å². The quantitative estimate of drug-likeness (QED) is 0.583. The highest BCUT2D eigenvalue weighted by Gasteiger charge is 2.18. The van der Waals surface area contributed by atoms with Crippen LogP contribution < -0.4 is 10.6 Å². The van der Waals surface area contributed by atoms with Crippen molar-refractivity contribution in [1.29, 1.82) is 0 Å². The predicted molar refractivity (Wildman–Crippen MR) is 112 cm³/mol. The van der Waals surface area contributed by atoms with E-state index in [0.717, 1.165) is 22.4 Å². The molecule has 0 spiro atoms. The molecule has 3 rings (SSSR count). The minimum atomic E-state index is -0.722. The average Bonchev–Trinajstić information content (AvgIpc) is 2.61. The summed E-state index contributed by atoms with van der Waals surface area (Å²) in [6, 6.07) is 15.6. The number of carbonyl (C=O) groups excluding carboxylic acids is 2. The third-order valence-corrected chi connectivity index (χ3v) is 4.75. The lowest BCUT2D eigenvalue weighted by atomic mass is 9.99. The molecule has 0 radical (unpaired) electrons. The van der Waals surface area contributed by atoms with Crippen molar-refractivity contribution in [2.45, 2.75) is 13.8 Å². The Balaban J connectivity index is 1.77. The van der Waals surface area contributed by atoms with Crippen LogP contribution in [0.5, 0.6) is 0 Å². The van der Waals surface area contributed by atoms with Gasteiger partial charge in [0.15, 0.2) is 0 Å². The molecule has 5 nitrogen and oxygen atoms in total. The summed E-state index contributed by atoms with van der Waals surface area (Å²) < 4.78 is 0. The Hall–Kier alpha value is -2.89. The number of hydrogen-bond donors (Lipinski definition) is 2. The molecule has 1 aromatic heterocycles. The molecule has 142 valence electrons. The summed E-state index contributed by atoms with van der Waals surface area (Å²) in [4.78, 5) is 29.0. The lowest BCUT2D eigenvalue weighted by Gasteiger charge is -2.13. The van der Waals surface area contributed by atoms with Gasteiger partial charge in [-0.2, -0.15) is 0 Å². The first kappa shape index (κ1) is 19.9. The zero-order valence-electron chi connectivity index (χ0n) is 15.2. The van der Waals surface area contributed by atoms with Crippen molar-refractivity contribution in [1.82, 2.24) is 10.3 Å². The SMILES string of the molecule is Cc1cc(NC(=O)NC(=O)c2c(Cl)cccc2Cl)nc(C)c1-c1ccccc1. The van der Waals surface area contributed by atoms with Crippen LogP contribution in [0.3, 0.4) is 0 Å². The number of hydrogen-bond acceptors (Lipinski definition) is 3. The van der Waals surface area contributed by atoms with E-state index in [1.54, 1.807) is 12.1 Å². The summed E-state index contributed by atoms with van der Waals surface area (Å²) in [7, 11) is 0. The molecule has 28 heavy (non-hydrogen) atoms. The number of nitrogens with one attached hydrogen (secondary N) is 2. The van der Waals surface area contributed by atoms with E-state index < -0.39 is 11.9 Å². The van der Waals surface area contributed by atoms with Crippen molar-refractivity contribution >= 4 is 41.0 Å². The van der Waals surface area contributed by atoms with E-state index in [2.05, 4.69) is 15.6 Å². The molecule has 0 bridgehead atoms. The molecule has 1 heterocycles. The van der Waals surface area contributed by atoms with Crippen LogP contribution >= 0.6 is 23.2 Å². The van der Waals surface area contributed by atoms with Crippen molar-refractivity contribution in [3.05, 3.63) is 81.5 Å². The average molecular weight is 414 g/mol. The third kappa shape index (κ3) is 4.32. The van der Waals surface area contributed by atoms with Crippen LogP contribution in [0, 0.1) is 13.8 Å². The Labute approximate surface area is 172 Å². The minimum absolute atomic E-state index is 0.0423. The Morgan fingerprint density at radius 2 is 1.57 bits per heavy atom. The highest BCUT2D eigenvalue weighted by Crippen LogP contribution is 2.28. The Morgan fingerprint density at radius 1 is 0.929 bits per heavy atom. The monoisotopic (exact) mass is 413 g/mol. The molecule has 2 N–H and O–H groups in total. The fourth-order valence-corrected chi connectivity index (χ4v) is 3.53. The van der Waals surface area contributed by atoms with Gasteiger partial charge in [0.25, 0.3) is 5.91 Å². The van der Waals surface area contributed by atoms with Crippen LogP contribution in [-0.2, 0) is 0 Å². The van der Waals surface area contributed by atoms with E-state index in [4.69, 9.17) is 23.2 Å². The van der Waals surface area contributed by atoms with Gasteiger partial charge in [-0.25, -0.2) is 9.78 Å². The fraction of sp³-hybridized carbons (Fsp3) is 0.0952. The van der Waals surface area contributed by atoms with E-state index in [-0.39, 0.29) is 15.6 Å². The van der Waals surface area contributed by atoms with Gasteiger partial charge >= 0.3 is 6.03 Å². The van der Waals surface area contributed by atoms with Gasteiger partial charge in [0.2, 0.25) is 0 Å². The van der Waals surface area contributed by atoms with Crippen LogP contribution in [0.25, 0.3) is 11.1 Å². The first-order valence-corrected chi connectivity index (χ1v) is 9.22. The number of aromatic nitrogens is 1. The maximum atomic E-state index is 12.3. The van der Waals surface area contributed by atoms with Gasteiger partial charge in [0, 0.05) is 11.3 Å². The molecule has 0 saturated carbocycles. The summed E-state index contributed by atoms with van der Waals surface area (Å²) in [6.07, 6.45) is 0. The Kier molecular flexibility index (Phi) is 5.97. The molecular weight excluding hydrogens is 397 g/mol. The van der Waals surface area contributed by atoms with Gasteiger partial charge in [0.1, 0.15) is 5.82 Å². The molecule has 0 aliphatic heterocycles. The van der Waals surface area contributed by atoms with Crippen molar-refractivity contribution < 1.29 is 9.59 Å². The van der Waals surface area contributed by atoms with Gasteiger partial charge < -0.3 is 0 Å². The lowest BCUT2D eigenvalue weighted by molar-refractivity contribution is 0.0967. The second-order valence-electron chi connectivity index (χ2n) is 6.16. The van der Waals surface area contributed by atoms with E-state index in [0.29, 0.717) is 5.82 Å².